The molecule has 0 aromatic heterocycles. The lowest BCUT2D eigenvalue weighted by Gasteiger charge is -2.27. The fraction of sp³-hybridized carbons (Fsp3) is 0.550. The molecule has 1 fully saturated rings. The van der Waals surface area contributed by atoms with Gasteiger partial charge >= 0.3 is 12.1 Å². The van der Waals surface area contributed by atoms with Gasteiger partial charge in [-0.25, -0.2) is 9.59 Å². The summed E-state index contributed by atoms with van der Waals surface area (Å²) in [6, 6.07) is 6.54. The van der Waals surface area contributed by atoms with E-state index in [2.05, 4.69) is 0 Å². The number of benzene rings is 1. The van der Waals surface area contributed by atoms with E-state index in [4.69, 9.17) is 9.47 Å². The van der Waals surface area contributed by atoms with Crippen molar-refractivity contribution in [3.63, 3.8) is 0 Å². The van der Waals surface area contributed by atoms with Gasteiger partial charge in [-0.05, 0) is 45.6 Å². The van der Waals surface area contributed by atoms with Gasteiger partial charge in [-0.1, -0.05) is 31.2 Å². The Morgan fingerprint density at radius 3 is 2.38 bits per heavy atom. The van der Waals surface area contributed by atoms with E-state index in [1.165, 1.54) is 4.90 Å². The van der Waals surface area contributed by atoms with Gasteiger partial charge in [0.15, 0.2) is 12.4 Å². The SMILES string of the molecule is CCc1ccc(C(=O)COC(=O)[C@@H]2CCCN2C(=O)OC(C)(C)C)cc1. The number of esters is 1. The lowest BCUT2D eigenvalue weighted by molar-refractivity contribution is -0.147. The monoisotopic (exact) mass is 361 g/mol. The zero-order valence-electron chi connectivity index (χ0n) is 15.9. The molecule has 0 unspecified atom stereocenters. The molecule has 1 saturated heterocycles. The number of likely N-dealkylation sites (tertiary alicyclic amines) is 1. The first-order chi connectivity index (χ1) is 12.2. The molecule has 0 aliphatic carbocycles. The Morgan fingerprint density at radius 2 is 1.81 bits per heavy atom. The molecule has 6 nitrogen and oxygen atoms in total. The molecule has 0 saturated carbocycles. The van der Waals surface area contributed by atoms with E-state index in [0.29, 0.717) is 24.9 Å². The van der Waals surface area contributed by atoms with Crippen molar-refractivity contribution < 1.29 is 23.9 Å². The molecule has 1 heterocycles. The Bertz CT molecular complexity index is 660. The van der Waals surface area contributed by atoms with Crippen molar-refractivity contribution in [1.29, 1.82) is 0 Å². The van der Waals surface area contributed by atoms with E-state index in [1.54, 1.807) is 32.9 Å². The predicted molar refractivity (Wildman–Crippen MR) is 97.1 cm³/mol. The van der Waals surface area contributed by atoms with Crippen LogP contribution in [0.25, 0.3) is 0 Å². The molecule has 0 spiro atoms. The molecule has 142 valence electrons. The number of ether oxygens (including phenoxy) is 2. The summed E-state index contributed by atoms with van der Waals surface area (Å²) < 4.78 is 10.5. The van der Waals surface area contributed by atoms with Gasteiger partial charge in [0.25, 0.3) is 0 Å². The normalized spacial score (nSPS) is 17.1. The van der Waals surface area contributed by atoms with E-state index in [0.717, 1.165) is 12.0 Å². The van der Waals surface area contributed by atoms with E-state index < -0.39 is 23.7 Å². The predicted octanol–water partition coefficient (Wildman–Crippen LogP) is 3.37. The van der Waals surface area contributed by atoms with E-state index in [1.807, 2.05) is 19.1 Å². The van der Waals surface area contributed by atoms with Crippen molar-refractivity contribution in [1.82, 2.24) is 4.90 Å². The van der Waals surface area contributed by atoms with Gasteiger partial charge < -0.3 is 9.47 Å². The zero-order valence-corrected chi connectivity index (χ0v) is 15.9. The first kappa shape index (κ1) is 19.9. The topological polar surface area (TPSA) is 72.9 Å². The number of amides is 1. The molecule has 1 amide bonds. The smallest absolute Gasteiger partial charge is 0.411 e. The van der Waals surface area contributed by atoms with Crippen LogP contribution in [0, 0.1) is 0 Å². The van der Waals surface area contributed by atoms with Crippen LogP contribution >= 0.6 is 0 Å². The highest BCUT2D eigenvalue weighted by molar-refractivity contribution is 5.98. The molecule has 0 N–H and O–H groups in total. The molecule has 1 atom stereocenters. The van der Waals surface area contributed by atoms with Crippen LogP contribution in [-0.2, 0) is 20.7 Å². The van der Waals surface area contributed by atoms with E-state index in [-0.39, 0.29) is 12.4 Å². The summed E-state index contributed by atoms with van der Waals surface area (Å²) >= 11 is 0. The number of carbonyl (C=O) groups excluding carboxylic acids is 3. The van der Waals surface area contributed by atoms with Gasteiger partial charge in [-0.3, -0.25) is 9.69 Å². The Hall–Kier alpha value is -2.37. The van der Waals surface area contributed by atoms with Gasteiger partial charge in [0.05, 0.1) is 0 Å². The molecule has 6 heteroatoms. The second-order valence-electron chi connectivity index (χ2n) is 7.41. The van der Waals surface area contributed by atoms with Crippen LogP contribution in [0.3, 0.4) is 0 Å². The molecular weight excluding hydrogens is 334 g/mol. The third-order valence-corrected chi connectivity index (χ3v) is 4.18. The van der Waals surface area contributed by atoms with Crippen molar-refractivity contribution in [3.8, 4) is 0 Å². The fourth-order valence-electron chi connectivity index (χ4n) is 2.79. The van der Waals surface area contributed by atoms with Crippen LogP contribution in [0.1, 0.15) is 56.5 Å². The highest BCUT2D eigenvalue weighted by Gasteiger charge is 2.37. The van der Waals surface area contributed by atoms with Crippen molar-refractivity contribution in [2.75, 3.05) is 13.2 Å². The standard InChI is InChI=1S/C20H27NO5/c1-5-14-8-10-15(11-9-14)17(22)13-25-18(23)16-7-6-12-21(16)19(24)26-20(2,3)4/h8-11,16H,5-7,12-13H2,1-4H3/t16-/m0/s1. The van der Waals surface area contributed by atoms with Crippen molar-refractivity contribution in [2.45, 2.75) is 58.6 Å². The largest absolute Gasteiger partial charge is 0.456 e. The van der Waals surface area contributed by atoms with Crippen LogP contribution in [0.4, 0.5) is 4.79 Å². The van der Waals surface area contributed by atoms with E-state index in [9.17, 15) is 14.4 Å². The van der Waals surface area contributed by atoms with Gasteiger partial charge in [0, 0.05) is 12.1 Å². The van der Waals surface area contributed by atoms with E-state index >= 15 is 0 Å². The first-order valence-electron chi connectivity index (χ1n) is 8.99. The number of carbonyl (C=O) groups is 3. The Balaban J connectivity index is 1.91. The van der Waals surface area contributed by atoms with Gasteiger partial charge in [-0.2, -0.15) is 0 Å². The maximum Gasteiger partial charge on any atom is 0.411 e. The number of nitrogens with zero attached hydrogens (tertiary/aromatic N) is 1. The summed E-state index contributed by atoms with van der Waals surface area (Å²) in [4.78, 5) is 38.1. The first-order valence-corrected chi connectivity index (χ1v) is 8.99. The zero-order chi connectivity index (χ0) is 19.3. The molecule has 1 aliphatic rings. The molecule has 0 bridgehead atoms. The number of rotatable bonds is 5. The highest BCUT2D eigenvalue weighted by atomic mass is 16.6. The maximum atomic E-state index is 12.3. The summed E-state index contributed by atoms with van der Waals surface area (Å²) in [6.07, 6.45) is 1.58. The molecule has 1 aliphatic heterocycles. The average Bonchev–Trinajstić information content (AvgIpc) is 3.08. The third-order valence-electron chi connectivity index (χ3n) is 4.18. The summed E-state index contributed by atoms with van der Waals surface area (Å²) in [5, 5.41) is 0. The number of hydrogen-bond acceptors (Lipinski definition) is 5. The molecule has 1 aromatic carbocycles. The van der Waals surface area contributed by atoms with Crippen LogP contribution in [0.15, 0.2) is 24.3 Å². The third kappa shape index (κ3) is 5.31. The summed E-state index contributed by atoms with van der Waals surface area (Å²) in [6.45, 7) is 7.48. The van der Waals surface area contributed by atoms with Gasteiger partial charge in [-0.15, -0.1) is 0 Å². The Morgan fingerprint density at radius 1 is 1.15 bits per heavy atom. The summed E-state index contributed by atoms with van der Waals surface area (Å²) in [7, 11) is 0. The van der Waals surface area contributed by atoms with Crippen LogP contribution in [0.5, 0.6) is 0 Å². The van der Waals surface area contributed by atoms with Crippen molar-refractivity contribution in [3.05, 3.63) is 35.4 Å². The number of Topliss-reactive ketones (excluding diaryl/α,β-unsaturated/α-hetero) is 1. The van der Waals surface area contributed by atoms with Gasteiger partial charge in [0.2, 0.25) is 0 Å². The maximum absolute atomic E-state index is 12.3. The number of hydrogen-bond donors (Lipinski definition) is 0. The highest BCUT2D eigenvalue weighted by Crippen LogP contribution is 2.22. The van der Waals surface area contributed by atoms with Crippen LogP contribution in [-0.4, -0.2) is 47.5 Å². The van der Waals surface area contributed by atoms with Crippen molar-refractivity contribution in [2.24, 2.45) is 0 Å². The lowest BCUT2D eigenvalue weighted by atomic mass is 10.1. The average molecular weight is 361 g/mol. The number of ketones is 1. The lowest BCUT2D eigenvalue weighted by Crippen LogP contribution is -2.44. The molecule has 1 aromatic rings. The quantitative estimate of drug-likeness (QED) is 0.594. The summed E-state index contributed by atoms with van der Waals surface area (Å²) in [5.74, 6) is -0.824. The number of aryl methyl sites for hydroxylation is 1. The minimum Gasteiger partial charge on any atom is -0.456 e. The minimum atomic E-state index is -0.694. The second-order valence-corrected chi connectivity index (χ2v) is 7.41. The Kier molecular flexibility index (Phi) is 6.40. The molecule has 0 radical (unpaired) electrons. The minimum absolute atomic E-state index is 0.261. The Labute approximate surface area is 154 Å². The molecule has 2 rings (SSSR count). The van der Waals surface area contributed by atoms with Crippen LogP contribution < -0.4 is 0 Å². The van der Waals surface area contributed by atoms with Crippen molar-refractivity contribution >= 4 is 17.8 Å². The fourth-order valence-corrected chi connectivity index (χ4v) is 2.79. The van der Waals surface area contributed by atoms with Gasteiger partial charge in [0.1, 0.15) is 11.6 Å². The molecule has 26 heavy (non-hydrogen) atoms. The van der Waals surface area contributed by atoms with Crippen LogP contribution in [0.2, 0.25) is 0 Å². The summed E-state index contributed by atoms with van der Waals surface area (Å²) in [5.41, 5.74) is 1.01. The second kappa shape index (κ2) is 8.34. The molecular formula is C20H27NO5.